The number of nitrogens with zero attached hydrogens (tertiary/aromatic N) is 2. The third-order valence-electron chi connectivity index (χ3n) is 4.40. The number of benzene rings is 1. The van der Waals surface area contributed by atoms with Gasteiger partial charge >= 0.3 is 6.03 Å². The minimum atomic E-state index is -0.173. The van der Waals surface area contributed by atoms with Crippen LogP contribution in [0.15, 0.2) is 59.1 Å². The van der Waals surface area contributed by atoms with Crippen LogP contribution in [0.1, 0.15) is 12.2 Å². The number of aromatic nitrogens is 1. The summed E-state index contributed by atoms with van der Waals surface area (Å²) in [4.78, 5) is 18.7. The highest BCUT2D eigenvalue weighted by Gasteiger charge is 2.24. The average Bonchev–Trinajstić information content (AvgIpc) is 3.27. The highest BCUT2D eigenvalue weighted by atomic mass is 16.3. The number of pyridine rings is 1. The van der Waals surface area contributed by atoms with Gasteiger partial charge in [0.2, 0.25) is 0 Å². The molecule has 1 unspecified atom stereocenters. The molecule has 1 atom stereocenters. The molecule has 6 nitrogen and oxygen atoms in total. The molecule has 1 aliphatic rings. The van der Waals surface area contributed by atoms with Gasteiger partial charge in [-0.15, -0.1) is 0 Å². The zero-order chi connectivity index (χ0) is 17.1. The van der Waals surface area contributed by atoms with Crippen molar-refractivity contribution in [3.8, 4) is 0 Å². The molecular weight excluding hydrogens is 316 g/mol. The maximum Gasteiger partial charge on any atom is 0.315 e. The van der Waals surface area contributed by atoms with Crippen molar-refractivity contribution in [3.63, 3.8) is 0 Å². The molecule has 1 aliphatic heterocycles. The second-order valence-corrected chi connectivity index (χ2v) is 6.20. The summed E-state index contributed by atoms with van der Waals surface area (Å²) in [5.74, 6) is 1.70. The average molecular weight is 336 g/mol. The van der Waals surface area contributed by atoms with E-state index in [-0.39, 0.29) is 12.1 Å². The Morgan fingerprint density at radius 1 is 1.24 bits per heavy atom. The minimum Gasteiger partial charge on any atom is -0.459 e. The van der Waals surface area contributed by atoms with E-state index in [9.17, 15) is 4.79 Å². The molecule has 4 rings (SSSR count). The summed E-state index contributed by atoms with van der Waals surface area (Å²) in [5, 5.41) is 6.93. The smallest absolute Gasteiger partial charge is 0.315 e. The molecule has 6 heteroatoms. The molecule has 1 fully saturated rings. The second kappa shape index (κ2) is 6.84. The van der Waals surface area contributed by atoms with Crippen LogP contribution in [-0.2, 0) is 6.54 Å². The third-order valence-corrected chi connectivity index (χ3v) is 4.40. The molecule has 2 amide bonds. The molecule has 0 bridgehead atoms. The Balaban J connectivity index is 1.28. The SMILES string of the molecule is O=C(NCc1cc2ccccc2o1)NC1CCN(c2ccccn2)C1. The zero-order valence-electron chi connectivity index (χ0n) is 13.8. The minimum absolute atomic E-state index is 0.123. The first-order valence-electron chi connectivity index (χ1n) is 8.46. The van der Waals surface area contributed by atoms with Crippen LogP contribution in [0.4, 0.5) is 10.6 Å². The summed E-state index contributed by atoms with van der Waals surface area (Å²) in [6, 6.07) is 15.6. The van der Waals surface area contributed by atoms with Crippen molar-refractivity contribution in [1.82, 2.24) is 15.6 Å². The maximum atomic E-state index is 12.1. The Kier molecular flexibility index (Phi) is 4.24. The summed E-state index contributed by atoms with van der Waals surface area (Å²) in [5.41, 5.74) is 0.835. The Hall–Kier alpha value is -3.02. The molecule has 1 saturated heterocycles. The number of nitrogens with one attached hydrogen (secondary N) is 2. The normalized spacial score (nSPS) is 17.0. The quantitative estimate of drug-likeness (QED) is 0.768. The number of urea groups is 1. The Morgan fingerprint density at radius 2 is 2.12 bits per heavy atom. The van der Waals surface area contributed by atoms with Gasteiger partial charge in [-0.3, -0.25) is 0 Å². The van der Waals surface area contributed by atoms with E-state index in [0.29, 0.717) is 6.54 Å². The van der Waals surface area contributed by atoms with E-state index in [2.05, 4.69) is 20.5 Å². The van der Waals surface area contributed by atoms with Crippen LogP contribution < -0.4 is 15.5 Å². The lowest BCUT2D eigenvalue weighted by Crippen LogP contribution is -2.43. The summed E-state index contributed by atoms with van der Waals surface area (Å²) < 4.78 is 5.70. The van der Waals surface area contributed by atoms with Gasteiger partial charge in [0.25, 0.3) is 0 Å². The van der Waals surface area contributed by atoms with Gasteiger partial charge in [0.05, 0.1) is 6.54 Å². The number of rotatable bonds is 4. The topological polar surface area (TPSA) is 70.4 Å². The first-order chi connectivity index (χ1) is 12.3. The molecule has 25 heavy (non-hydrogen) atoms. The molecule has 2 aromatic heterocycles. The van der Waals surface area contributed by atoms with E-state index in [1.54, 1.807) is 6.20 Å². The number of carbonyl (C=O) groups excluding carboxylic acids is 1. The van der Waals surface area contributed by atoms with E-state index in [1.165, 1.54) is 0 Å². The standard InChI is InChI=1S/C19H20N4O2/c24-19(21-12-16-11-14-5-1-2-6-17(14)25-16)22-15-8-10-23(13-15)18-7-3-4-9-20-18/h1-7,9,11,15H,8,10,12-13H2,(H2,21,22,24). The molecular formula is C19H20N4O2. The molecule has 0 aliphatic carbocycles. The van der Waals surface area contributed by atoms with Crippen molar-refractivity contribution >= 4 is 22.8 Å². The maximum absolute atomic E-state index is 12.1. The number of furan rings is 1. The monoisotopic (exact) mass is 336 g/mol. The number of hydrogen-bond acceptors (Lipinski definition) is 4. The molecule has 0 radical (unpaired) electrons. The summed E-state index contributed by atoms with van der Waals surface area (Å²) in [6.07, 6.45) is 2.70. The summed E-state index contributed by atoms with van der Waals surface area (Å²) >= 11 is 0. The van der Waals surface area contributed by atoms with Crippen LogP contribution >= 0.6 is 0 Å². The van der Waals surface area contributed by atoms with Crippen molar-refractivity contribution in [3.05, 3.63) is 60.5 Å². The molecule has 3 aromatic rings. The molecule has 128 valence electrons. The van der Waals surface area contributed by atoms with Gasteiger partial charge in [0.1, 0.15) is 17.2 Å². The van der Waals surface area contributed by atoms with Crippen LogP contribution in [0.5, 0.6) is 0 Å². The van der Waals surface area contributed by atoms with Crippen molar-refractivity contribution in [2.45, 2.75) is 19.0 Å². The Labute approximate surface area is 145 Å². The first kappa shape index (κ1) is 15.5. The molecule has 1 aromatic carbocycles. The van der Waals surface area contributed by atoms with Crippen LogP contribution in [0.3, 0.4) is 0 Å². The van der Waals surface area contributed by atoms with Gasteiger partial charge in [-0.25, -0.2) is 9.78 Å². The van der Waals surface area contributed by atoms with Gasteiger partial charge < -0.3 is 20.0 Å². The fraction of sp³-hybridized carbons (Fsp3) is 0.263. The van der Waals surface area contributed by atoms with Crippen LogP contribution in [-0.4, -0.2) is 30.1 Å². The Bertz CT molecular complexity index is 829. The second-order valence-electron chi connectivity index (χ2n) is 6.20. The molecule has 3 heterocycles. The van der Waals surface area contributed by atoms with E-state index in [0.717, 1.165) is 42.1 Å². The summed E-state index contributed by atoms with van der Waals surface area (Å²) in [6.45, 7) is 2.04. The fourth-order valence-corrected chi connectivity index (χ4v) is 3.15. The van der Waals surface area contributed by atoms with Crippen molar-refractivity contribution in [2.24, 2.45) is 0 Å². The molecule has 0 saturated carbocycles. The lowest BCUT2D eigenvalue weighted by atomic mass is 10.2. The highest BCUT2D eigenvalue weighted by Crippen LogP contribution is 2.19. The number of anilines is 1. The van der Waals surface area contributed by atoms with E-state index in [4.69, 9.17) is 4.42 Å². The third kappa shape index (κ3) is 3.57. The van der Waals surface area contributed by atoms with Gasteiger partial charge in [0, 0.05) is 30.7 Å². The van der Waals surface area contributed by atoms with Crippen molar-refractivity contribution < 1.29 is 9.21 Å². The lowest BCUT2D eigenvalue weighted by molar-refractivity contribution is 0.236. The fourth-order valence-electron chi connectivity index (χ4n) is 3.15. The predicted octanol–water partition coefficient (Wildman–Crippen LogP) is 2.91. The number of carbonyl (C=O) groups is 1. The number of para-hydroxylation sites is 1. The lowest BCUT2D eigenvalue weighted by Gasteiger charge is -2.17. The van der Waals surface area contributed by atoms with E-state index >= 15 is 0 Å². The van der Waals surface area contributed by atoms with Crippen LogP contribution in [0.2, 0.25) is 0 Å². The van der Waals surface area contributed by atoms with Crippen LogP contribution in [0.25, 0.3) is 11.0 Å². The van der Waals surface area contributed by atoms with E-state index in [1.807, 2.05) is 48.5 Å². The van der Waals surface area contributed by atoms with E-state index < -0.39 is 0 Å². The van der Waals surface area contributed by atoms with Gasteiger partial charge in [-0.1, -0.05) is 24.3 Å². The summed E-state index contributed by atoms with van der Waals surface area (Å²) in [7, 11) is 0. The molecule has 0 spiro atoms. The van der Waals surface area contributed by atoms with Crippen molar-refractivity contribution in [2.75, 3.05) is 18.0 Å². The highest BCUT2D eigenvalue weighted by molar-refractivity contribution is 5.78. The van der Waals surface area contributed by atoms with Crippen molar-refractivity contribution in [1.29, 1.82) is 0 Å². The van der Waals surface area contributed by atoms with Gasteiger partial charge in [-0.05, 0) is 30.7 Å². The predicted molar refractivity (Wildman–Crippen MR) is 96.4 cm³/mol. The number of amides is 2. The Morgan fingerprint density at radius 3 is 2.96 bits per heavy atom. The number of fused-ring (bicyclic) bond motifs is 1. The first-order valence-corrected chi connectivity index (χ1v) is 8.46. The number of hydrogen-bond donors (Lipinski definition) is 2. The zero-order valence-corrected chi connectivity index (χ0v) is 13.8. The molecule has 2 N–H and O–H groups in total. The largest absolute Gasteiger partial charge is 0.459 e. The van der Waals surface area contributed by atoms with Crippen LogP contribution in [0, 0.1) is 0 Å². The van der Waals surface area contributed by atoms with Gasteiger partial charge in [-0.2, -0.15) is 0 Å². The van der Waals surface area contributed by atoms with Gasteiger partial charge in [0.15, 0.2) is 0 Å².